The van der Waals surface area contributed by atoms with Crippen molar-refractivity contribution in [2.24, 2.45) is 5.92 Å². The van der Waals surface area contributed by atoms with Gasteiger partial charge in [-0.3, -0.25) is 0 Å². The normalized spacial score (nSPS) is 17.6. The fraction of sp³-hybridized carbons (Fsp3) is 0.647. The lowest BCUT2D eigenvalue weighted by molar-refractivity contribution is 0.0639. The van der Waals surface area contributed by atoms with E-state index in [4.69, 9.17) is 4.74 Å². The number of hydrogen-bond acceptors (Lipinski definition) is 2. The van der Waals surface area contributed by atoms with Crippen LogP contribution in [0.5, 0.6) is 0 Å². The van der Waals surface area contributed by atoms with Gasteiger partial charge in [0.15, 0.2) is 0 Å². The van der Waals surface area contributed by atoms with E-state index in [1.165, 1.54) is 24.8 Å². The molecule has 0 radical (unpaired) electrons. The van der Waals surface area contributed by atoms with E-state index in [1.807, 2.05) is 0 Å². The van der Waals surface area contributed by atoms with Gasteiger partial charge in [0.25, 0.3) is 0 Å². The van der Waals surface area contributed by atoms with Gasteiger partial charge >= 0.3 is 0 Å². The molecular formula is C17H27NO. The van der Waals surface area contributed by atoms with Crippen molar-refractivity contribution in [1.29, 1.82) is 0 Å². The fourth-order valence-electron chi connectivity index (χ4n) is 2.56. The summed E-state index contributed by atoms with van der Waals surface area (Å²) < 4.78 is 5.41. The summed E-state index contributed by atoms with van der Waals surface area (Å²) in [7, 11) is 0. The Labute approximate surface area is 117 Å². The fourth-order valence-corrected chi connectivity index (χ4v) is 2.56. The van der Waals surface area contributed by atoms with Gasteiger partial charge < -0.3 is 10.1 Å². The second-order valence-corrected chi connectivity index (χ2v) is 6.31. The predicted octanol–water partition coefficient (Wildman–Crippen LogP) is 3.41. The Bertz CT molecular complexity index is 355. The topological polar surface area (TPSA) is 21.3 Å². The predicted molar refractivity (Wildman–Crippen MR) is 80.4 cm³/mol. The van der Waals surface area contributed by atoms with Crippen molar-refractivity contribution in [3.63, 3.8) is 0 Å². The largest absolute Gasteiger partial charge is 0.381 e. The Morgan fingerprint density at radius 3 is 2.53 bits per heavy atom. The molecule has 19 heavy (non-hydrogen) atoms. The highest BCUT2D eigenvalue weighted by molar-refractivity contribution is 5.15. The third-order valence-electron chi connectivity index (χ3n) is 4.09. The molecule has 1 aromatic rings. The Hall–Kier alpha value is -0.860. The molecule has 0 saturated carbocycles. The monoisotopic (exact) mass is 261 g/mol. The van der Waals surface area contributed by atoms with Crippen LogP contribution in [-0.2, 0) is 11.2 Å². The van der Waals surface area contributed by atoms with Crippen LogP contribution < -0.4 is 5.32 Å². The molecule has 0 aliphatic carbocycles. The van der Waals surface area contributed by atoms with E-state index in [2.05, 4.69) is 49.5 Å². The third-order valence-corrected chi connectivity index (χ3v) is 4.09. The van der Waals surface area contributed by atoms with E-state index in [9.17, 15) is 0 Å². The van der Waals surface area contributed by atoms with Crippen LogP contribution in [0.2, 0.25) is 0 Å². The van der Waals surface area contributed by atoms with E-state index in [0.29, 0.717) is 0 Å². The molecule has 1 N–H and O–H groups in total. The lowest BCUT2D eigenvalue weighted by atomic mass is 9.93. The minimum atomic E-state index is 0.216. The molecule has 2 rings (SSSR count). The van der Waals surface area contributed by atoms with E-state index in [0.717, 1.165) is 32.1 Å². The minimum absolute atomic E-state index is 0.216. The molecular weight excluding hydrogens is 234 g/mol. The zero-order valence-electron chi connectivity index (χ0n) is 12.3. The smallest absolute Gasteiger partial charge is 0.0469 e. The molecule has 106 valence electrons. The van der Waals surface area contributed by atoms with Gasteiger partial charge in [0.1, 0.15) is 0 Å². The van der Waals surface area contributed by atoms with Crippen molar-refractivity contribution in [1.82, 2.24) is 5.32 Å². The first-order valence-corrected chi connectivity index (χ1v) is 7.52. The average molecular weight is 261 g/mol. The molecule has 1 fully saturated rings. The highest BCUT2D eigenvalue weighted by atomic mass is 16.5. The van der Waals surface area contributed by atoms with E-state index >= 15 is 0 Å². The van der Waals surface area contributed by atoms with Crippen molar-refractivity contribution in [3.05, 3.63) is 35.9 Å². The number of benzene rings is 1. The van der Waals surface area contributed by atoms with Crippen LogP contribution in [0.1, 0.15) is 38.7 Å². The summed E-state index contributed by atoms with van der Waals surface area (Å²) in [5.41, 5.74) is 1.65. The lowest BCUT2D eigenvalue weighted by Gasteiger charge is -2.30. The number of hydrogen-bond donors (Lipinski definition) is 1. The van der Waals surface area contributed by atoms with Crippen LogP contribution in [0.15, 0.2) is 30.3 Å². The Morgan fingerprint density at radius 2 is 1.84 bits per heavy atom. The highest BCUT2D eigenvalue weighted by Crippen LogP contribution is 2.17. The number of aryl methyl sites for hydroxylation is 1. The number of nitrogens with one attached hydrogen (secondary N) is 1. The zero-order valence-corrected chi connectivity index (χ0v) is 12.3. The molecule has 1 aliphatic rings. The molecule has 1 saturated heterocycles. The standard InChI is InChI=1S/C17H27NO/c1-17(2,11-8-15-6-4-3-5-7-15)18-14-16-9-12-19-13-10-16/h3-7,16,18H,8-14H2,1-2H3. The maximum atomic E-state index is 5.41. The van der Waals surface area contributed by atoms with Crippen LogP contribution in [0, 0.1) is 5.92 Å². The molecule has 0 unspecified atom stereocenters. The van der Waals surface area contributed by atoms with Gasteiger partial charge in [-0.2, -0.15) is 0 Å². The maximum absolute atomic E-state index is 5.41. The molecule has 1 aliphatic heterocycles. The van der Waals surface area contributed by atoms with Crippen molar-refractivity contribution in [2.75, 3.05) is 19.8 Å². The summed E-state index contributed by atoms with van der Waals surface area (Å²) in [5.74, 6) is 0.796. The summed E-state index contributed by atoms with van der Waals surface area (Å²) in [4.78, 5) is 0. The molecule has 2 nitrogen and oxygen atoms in total. The van der Waals surface area contributed by atoms with Crippen molar-refractivity contribution < 1.29 is 4.74 Å². The summed E-state index contributed by atoms with van der Waals surface area (Å²) in [6.07, 6.45) is 4.75. The van der Waals surface area contributed by atoms with E-state index < -0.39 is 0 Å². The maximum Gasteiger partial charge on any atom is 0.0469 e. The van der Waals surface area contributed by atoms with Crippen LogP contribution in [0.4, 0.5) is 0 Å². The molecule has 1 heterocycles. The zero-order chi connectivity index (χ0) is 13.6. The average Bonchev–Trinajstić information content (AvgIpc) is 2.46. The molecule has 2 heteroatoms. The third kappa shape index (κ3) is 5.33. The SMILES string of the molecule is CC(C)(CCc1ccccc1)NCC1CCOCC1. The van der Waals surface area contributed by atoms with Crippen molar-refractivity contribution in [2.45, 2.75) is 45.1 Å². The second kappa shape index (κ2) is 7.06. The second-order valence-electron chi connectivity index (χ2n) is 6.31. The van der Waals surface area contributed by atoms with Gasteiger partial charge in [0.2, 0.25) is 0 Å². The Balaban J connectivity index is 1.71. The van der Waals surface area contributed by atoms with Gasteiger partial charge in [0.05, 0.1) is 0 Å². The van der Waals surface area contributed by atoms with E-state index in [-0.39, 0.29) is 5.54 Å². The lowest BCUT2D eigenvalue weighted by Crippen LogP contribution is -2.43. The number of ether oxygens (including phenoxy) is 1. The highest BCUT2D eigenvalue weighted by Gasteiger charge is 2.20. The molecule has 0 amide bonds. The number of rotatable bonds is 6. The quantitative estimate of drug-likeness (QED) is 0.847. The summed E-state index contributed by atoms with van der Waals surface area (Å²) in [6.45, 7) is 7.64. The van der Waals surface area contributed by atoms with Crippen LogP contribution >= 0.6 is 0 Å². The molecule has 0 spiro atoms. The van der Waals surface area contributed by atoms with Crippen molar-refractivity contribution in [3.8, 4) is 0 Å². The van der Waals surface area contributed by atoms with Gasteiger partial charge in [0, 0.05) is 18.8 Å². The summed E-state index contributed by atoms with van der Waals surface area (Å²) >= 11 is 0. The summed E-state index contributed by atoms with van der Waals surface area (Å²) in [5, 5.41) is 3.74. The first kappa shape index (κ1) is 14.5. The van der Waals surface area contributed by atoms with Crippen LogP contribution in [0.3, 0.4) is 0 Å². The molecule has 0 aromatic heterocycles. The van der Waals surface area contributed by atoms with Gasteiger partial charge in [-0.25, -0.2) is 0 Å². The minimum Gasteiger partial charge on any atom is -0.381 e. The van der Waals surface area contributed by atoms with Gasteiger partial charge in [-0.15, -0.1) is 0 Å². The first-order chi connectivity index (χ1) is 9.16. The van der Waals surface area contributed by atoms with E-state index in [1.54, 1.807) is 0 Å². The van der Waals surface area contributed by atoms with Gasteiger partial charge in [-0.1, -0.05) is 30.3 Å². The summed E-state index contributed by atoms with van der Waals surface area (Å²) in [6, 6.07) is 10.8. The Kier molecular flexibility index (Phi) is 5.41. The Morgan fingerprint density at radius 1 is 1.16 bits per heavy atom. The van der Waals surface area contributed by atoms with Crippen LogP contribution in [-0.4, -0.2) is 25.3 Å². The molecule has 1 aromatic carbocycles. The van der Waals surface area contributed by atoms with Crippen molar-refractivity contribution >= 4 is 0 Å². The van der Waals surface area contributed by atoms with Crippen LogP contribution in [0.25, 0.3) is 0 Å². The molecule has 0 bridgehead atoms. The molecule has 0 atom stereocenters. The van der Waals surface area contributed by atoms with Gasteiger partial charge in [-0.05, 0) is 57.6 Å². The first-order valence-electron chi connectivity index (χ1n) is 7.52.